The molecule has 0 atom stereocenters. The monoisotopic (exact) mass is 389 g/mol. The number of Topliss-reactive ketones (excluding diaryl/α,β-unsaturated/α-hetero) is 1. The lowest BCUT2D eigenvalue weighted by atomic mass is 10.0. The number of carbonyl (C=O) groups excluding carboxylic acids is 2. The Morgan fingerprint density at radius 2 is 1.96 bits per heavy atom. The molecule has 27 heavy (non-hydrogen) atoms. The maximum Gasteiger partial charge on any atom is 0.227 e. The molecule has 0 bridgehead atoms. The van der Waals surface area contributed by atoms with Crippen molar-refractivity contribution < 1.29 is 18.7 Å². The minimum atomic E-state index is -0.452. The molecule has 0 aromatic heterocycles. The van der Waals surface area contributed by atoms with Gasteiger partial charge in [0.1, 0.15) is 11.6 Å². The Hall–Kier alpha value is -2.40. The highest BCUT2D eigenvalue weighted by atomic mass is 35.5. The van der Waals surface area contributed by atoms with Crippen molar-refractivity contribution in [2.45, 2.75) is 32.6 Å². The number of halogens is 2. The molecule has 2 aromatic carbocycles. The number of nitrogens with zero attached hydrogens (tertiary/aromatic N) is 1. The molecule has 6 heteroatoms. The molecule has 1 aliphatic rings. The van der Waals surface area contributed by atoms with Gasteiger partial charge in [0.05, 0.1) is 12.3 Å². The highest BCUT2D eigenvalue weighted by Gasteiger charge is 2.25. The van der Waals surface area contributed by atoms with Crippen molar-refractivity contribution >= 4 is 29.0 Å². The number of carbonyl (C=O) groups is 2. The maximum atomic E-state index is 14.3. The van der Waals surface area contributed by atoms with Crippen LogP contribution in [0, 0.1) is 5.82 Å². The van der Waals surface area contributed by atoms with Gasteiger partial charge in [-0.3, -0.25) is 9.59 Å². The Morgan fingerprint density at radius 3 is 2.67 bits per heavy atom. The summed E-state index contributed by atoms with van der Waals surface area (Å²) < 4.78 is 19.9. The van der Waals surface area contributed by atoms with E-state index in [4.69, 9.17) is 16.3 Å². The van der Waals surface area contributed by atoms with E-state index in [1.54, 1.807) is 30.3 Å². The molecule has 0 radical (unpaired) electrons. The number of hydrogen-bond donors (Lipinski definition) is 0. The molecule has 0 saturated heterocycles. The van der Waals surface area contributed by atoms with Crippen LogP contribution in [0.1, 0.15) is 42.1 Å². The van der Waals surface area contributed by atoms with E-state index in [1.165, 1.54) is 17.9 Å². The second-order valence-electron chi connectivity index (χ2n) is 6.58. The van der Waals surface area contributed by atoms with E-state index in [1.807, 2.05) is 0 Å². The van der Waals surface area contributed by atoms with Gasteiger partial charge in [-0.2, -0.15) is 0 Å². The maximum absolute atomic E-state index is 14.3. The highest BCUT2D eigenvalue weighted by Crippen LogP contribution is 2.33. The van der Waals surface area contributed by atoms with Crippen LogP contribution in [-0.2, 0) is 11.2 Å². The summed E-state index contributed by atoms with van der Waals surface area (Å²) in [4.78, 5) is 25.3. The summed E-state index contributed by atoms with van der Waals surface area (Å²) in [6.45, 7) is 2.39. The fourth-order valence-electron chi connectivity index (χ4n) is 3.24. The highest BCUT2D eigenvalue weighted by molar-refractivity contribution is 6.30. The second kappa shape index (κ2) is 8.53. The van der Waals surface area contributed by atoms with Gasteiger partial charge in [0.15, 0.2) is 5.78 Å². The molecule has 142 valence electrons. The normalized spacial score (nSPS) is 13.2. The largest absolute Gasteiger partial charge is 0.494 e. The molecular formula is C21H21ClFNO3. The zero-order valence-electron chi connectivity index (χ0n) is 15.1. The zero-order chi connectivity index (χ0) is 19.4. The Balaban J connectivity index is 1.54. The van der Waals surface area contributed by atoms with Gasteiger partial charge in [0.2, 0.25) is 5.91 Å². The summed E-state index contributed by atoms with van der Waals surface area (Å²) >= 11 is 5.92. The first kappa shape index (κ1) is 19.4. The number of amides is 1. The minimum absolute atomic E-state index is 0.00230. The first-order valence-corrected chi connectivity index (χ1v) is 9.35. The predicted molar refractivity (Wildman–Crippen MR) is 103 cm³/mol. The number of fused-ring (bicyclic) bond motifs is 1. The lowest BCUT2D eigenvalue weighted by Crippen LogP contribution is -2.36. The average molecular weight is 390 g/mol. The molecule has 0 N–H and O–H groups in total. The molecule has 4 nitrogen and oxygen atoms in total. The van der Waals surface area contributed by atoms with Crippen molar-refractivity contribution in [2.24, 2.45) is 0 Å². The number of aryl methyl sites for hydroxylation is 1. The topological polar surface area (TPSA) is 46.6 Å². The molecule has 0 spiro atoms. The number of rotatable bonds is 6. The lowest BCUT2D eigenvalue weighted by Gasteiger charge is -2.30. The van der Waals surface area contributed by atoms with Crippen molar-refractivity contribution in [1.82, 2.24) is 0 Å². The average Bonchev–Trinajstić information content (AvgIpc) is 2.64. The Morgan fingerprint density at radius 1 is 1.22 bits per heavy atom. The quantitative estimate of drug-likeness (QED) is 0.525. The van der Waals surface area contributed by atoms with Crippen LogP contribution >= 0.6 is 11.6 Å². The summed E-state index contributed by atoms with van der Waals surface area (Å²) in [7, 11) is 0. The molecule has 3 rings (SSSR count). The van der Waals surface area contributed by atoms with Crippen molar-refractivity contribution in [2.75, 3.05) is 18.1 Å². The van der Waals surface area contributed by atoms with Gasteiger partial charge in [-0.05, 0) is 68.1 Å². The van der Waals surface area contributed by atoms with Crippen LogP contribution in [0.5, 0.6) is 5.75 Å². The van der Waals surface area contributed by atoms with Crippen LogP contribution in [0.15, 0.2) is 36.4 Å². The van der Waals surface area contributed by atoms with Gasteiger partial charge >= 0.3 is 0 Å². The van der Waals surface area contributed by atoms with Gasteiger partial charge in [-0.15, -0.1) is 0 Å². The SMILES string of the molecule is CC(=O)c1ccc(OCCCC(=O)N2CCCc3cc(Cl)cc(F)c32)cc1. The zero-order valence-corrected chi connectivity index (χ0v) is 15.9. The number of hydrogen-bond acceptors (Lipinski definition) is 3. The third-order valence-corrected chi connectivity index (χ3v) is 4.79. The summed E-state index contributed by atoms with van der Waals surface area (Å²) in [6, 6.07) is 9.87. The van der Waals surface area contributed by atoms with Crippen LogP contribution in [-0.4, -0.2) is 24.8 Å². The molecule has 0 unspecified atom stereocenters. The van der Waals surface area contributed by atoms with Gasteiger partial charge in [-0.25, -0.2) is 4.39 Å². The van der Waals surface area contributed by atoms with E-state index in [0.29, 0.717) is 41.6 Å². The van der Waals surface area contributed by atoms with Gasteiger partial charge < -0.3 is 9.64 Å². The minimum Gasteiger partial charge on any atom is -0.494 e. The van der Waals surface area contributed by atoms with Crippen molar-refractivity contribution in [1.29, 1.82) is 0 Å². The van der Waals surface area contributed by atoms with E-state index >= 15 is 0 Å². The van der Waals surface area contributed by atoms with Crippen LogP contribution in [0.4, 0.5) is 10.1 Å². The molecule has 1 aliphatic heterocycles. The Labute approximate surface area is 162 Å². The predicted octanol–water partition coefficient (Wildman–Crippen LogP) is 4.82. The number of ketones is 1. The Bertz CT molecular complexity index is 851. The third-order valence-electron chi connectivity index (χ3n) is 4.57. The van der Waals surface area contributed by atoms with Crippen LogP contribution < -0.4 is 9.64 Å². The van der Waals surface area contributed by atoms with Gasteiger partial charge in [0.25, 0.3) is 0 Å². The first-order chi connectivity index (χ1) is 13.0. The Kier molecular flexibility index (Phi) is 6.11. The summed E-state index contributed by atoms with van der Waals surface area (Å²) in [5, 5.41) is 0.352. The van der Waals surface area contributed by atoms with E-state index in [0.717, 1.165) is 18.4 Å². The first-order valence-electron chi connectivity index (χ1n) is 8.98. The van der Waals surface area contributed by atoms with Gasteiger partial charge in [0, 0.05) is 23.6 Å². The standard InChI is InChI=1S/C21H21ClFNO3/c1-14(25)15-6-8-18(9-7-15)27-11-3-5-20(26)24-10-2-4-16-12-17(22)13-19(23)21(16)24/h6-9,12-13H,2-5,10-11H2,1H3. The second-order valence-corrected chi connectivity index (χ2v) is 7.01. The van der Waals surface area contributed by atoms with E-state index < -0.39 is 5.82 Å². The van der Waals surface area contributed by atoms with E-state index in [2.05, 4.69) is 0 Å². The molecule has 0 aliphatic carbocycles. The number of benzene rings is 2. The van der Waals surface area contributed by atoms with E-state index in [-0.39, 0.29) is 18.1 Å². The molecule has 2 aromatic rings. The molecule has 1 heterocycles. The van der Waals surface area contributed by atoms with Crippen molar-refractivity contribution in [3.05, 3.63) is 58.4 Å². The summed E-state index contributed by atoms with van der Waals surface area (Å²) in [5.41, 5.74) is 1.77. The molecule has 0 saturated carbocycles. The lowest BCUT2D eigenvalue weighted by molar-refractivity contribution is -0.119. The summed E-state index contributed by atoms with van der Waals surface area (Å²) in [6.07, 6.45) is 2.30. The fraction of sp³-hybridized carbons (Fsp3) is 0.333. The van der Waals surface area contributed by atoms with Crippen LogP contribution in [0.3, 0.4) is 0 Å². The molecule has 0 fully saturated rings. The van der Waals surface area contributed by atoms with Crippen LogP contribution in [0.2, 0.25) is 5.02 Å². The summed E-state index contributed by atoms with van der Waals surface area (Å²) in [5.74, 6) is 0.0824. The van der Waals surface area contributed by atoms with Crippen LogP contribution in [0.25, 0.3) is 0 Å². The fourth-order valence-corrected chi connectivity index (χ4v) is 3.46. The number of anilines is 1. The van der Waals surface area contributed by atoms with Crippen molar-refractivity contribution in [3.8, 4) is 5.75 Å². The van der Waals surface area contributed by atoms with Crippen molar-refractivity contribution in [3.63, 3.8) is 0 Å². The number of ether oxygens (including phenoxy) is 1. The van der Waals surface area contributed by atoms with E-state index in [9.17, 15) is 14.0 Å². The van der Waals surface area contributed by atoms with Gasteiger partial charge in [-0.1, -0.05) is 11.6 Å². The smallest absolute Gasteiger partial charge is 0.227 e. The third kappa shape index (κ3) is 4.66. The molecule has 1 amide bonds. The molecular weight excluding hydrogens is 369 g/mol.